The average molecular weight is 474 g/mol. The third kappa shape index (κ3) is 4.99. The number of amides is 3. The molecule has 0 aliphatic carbocycles. The van der Waals surface area contributed by atoms with Crippen LogP contribution in [0.3, 0.4) is 0 Å². The van der Waals surface area contributed by atoms with Gasteiger partial charge in [0, 0.05) is 23.0 Å². The van der Waals surface area contributed by atoms with Crippen LogP contribution >= 0.6 is 0 Å². The van der Waals surface area contributed by atoms with Crippen LogP contribution < -0.4 is 15.0 Å². The summed E-state index contributed by atoms with van der Waals surface area (Å²) < 4.78 is 5.32. The Morgan fingerprint density at radius 1 is 1.06 bits per heavy atom. The maximum Gasteiger partial charge on any atom is 0.259 e. The average Bonchev–Trinajstić information content (AvgIpc) is 3.09. The molecule has 0 spiro atoms. The number of anilines is 1. The van der Waals surface area contributed by atoms with Crippen LogP contribution in [0.5, 0.6) is 5.75 Å². The second-order valence-electron chi connectivity index (χ2n) is 9.86. The van der Waals surface area contributed by atoms with Crippen molar-refractivity contribution in [3.8, 4) is 5.75 Å². The summed E-state index contributed by atoms with van der Waals surface area (Å²) >= 11 is 0. The smallest absolute Gasteiger partial charge is 0.259 e. The predicted molar refractivity (Wildman–Crippen MR) is 137 cm³/mol. The van der Waals surface area contributed by atoms with Crippen molar-refractivity contribution in [2.45, 2.75) is 45.8 Å². The van der Waals surface area contributed by atoms with Crippen LogP contribution in [0.2, 0.25) is 0 Å². The van der Waals surface area contributed by atoms with Crippen molar-refractivity contribution in [2.75, 3.05) is 18.6 Å². The number of benzene rings is 3. The molecule has 3 amide bonds. The lowest BCUT2D eigenvalue weighted by atomic mass is 10.1. The number of hydrogen-bond donors (Lipinski definition) is 1. The van der Waals surface area contributed by atoms with Crippen molar-refractivity contribution < 1.29 is 19.1 Å². The van der Waals surface area contributed by atoms with E-state index in [2.05, 4.69) is 5.32 Å². The van der Waals surface area contributed by atoms with Crippen LogP contribution in [-0.2, 0) is 16.1 Å². The summed E-state index contributed by atoms with van der Waals surface area (Å²) in [6, 6.07) is 17.9. The molecular formula is C28H31N3O4. The molecule has 1 atom stereocenters. The van der Waals surface area contributed by atoms with Crippen LogP contribution in [0.25, 0.3) is 10.8 Å². The predicted octanol–water partition coefficient (Wildman–Crippen LogP) is 4.14. The van der Waals surface area contributed by atoms with Crippen molar-refractivity contribution in [3.05, 3.63) is 71.8 Å². The molecule has 0 unspecified atom stereocenters. The highest BCUT2D eigenvalue weighted by Crippen LogP contribution is 2.37. The van der Waals surface area contributed by atoms with Gasteiger partial charge in [-0.15, -0.1) is 0 Å². The molecule has 1 heterocycles. The van der Waals surface area contributed by atoms with E-state index >= 15 is 0 Å². The standard InChI is InChI=1S/C28H31N3O4/c1-18(26(33)29-28(2,3)4)30(16-19-9-6-12-21(15-19)35-5)24(32)17-31-23-14-8-11-20-10-7-13-22(25(20)23)27(31)34/h6-15,18H,16-17H2,1-5H3,(H,29,33)/t18-/m1/s1. The Balaban J connectivity index is 1.64. The summed E-state index contributed by atoms with van der Waals surface area (Å²) in [4.78, 5) is 43.0. The van der Waals surface area contributed by atoms with Crippen LogP contribution in [0.4, 0.5) is 5.69 Å². The molecule has 0 radical (unpaired) electrons. The molecule has 0 fully saturated rings. The van der Waals surface area contributed by atoms with E-state index in [9.17, 15) is 14.4 Å². The largest absolute Gasteiger partial charge is 0.497 e. The SMILES string of the molecule is COc1cccc(CN(C(=O)CN2C(=O)c3cccc4cccc2c34)[C@H](C)C(=O)NC(C)(C)C)c1. The van der Waals surface area contributed by atoms with Crippen molar-refractivity contribution in [1.82, 2.24) is 10.2 Å². The first-order valence-electron chi connectivity index (χ1n) is 11.7. The number of nitrogens with zero attached hydrogens (tertiary/aromatic N) is 2. The van der Waals surface area contributed by atoms with Crippen LogP contribution in [-0.4, -0.2) is 47.9 Å². The first-order valence-corrected chi connectivity index (χ1v) is 11.7. The highest BCUT2D eigenvalue weighted by atomic mass is 16.5. The van der Waals surface area contributed by atoms with Crippen molar-refractivity contribution >= 4 is 34.2 Å². The van der Waals surface area contributed by atoms with E-state index in [1.807, 2.05) is 75.4 Å². The Bertz CT molecular complexity index is 1290. The lowest BCUT2D eigenvalue weighted by Gasteiger charge is -2.32. The van der Waals surface area contributed by atoms with Crippen molar-refractivity contribution in [2.24, 2.45) is 0 Å². The molecule has 7 nitrogen and oxygen atoms in total. The van der Waals surface area contributed by atoms with Gasteiger partial charge in [-0.2, -0.15) is 0 Å². The molecule has 3 aromatic carbocycles. The van der Waals surface area contributed by atoms with Gasteiger partial charge in [0.25, 0.3) is 5.91 Å². The van der Waals surface area contributed by atoms with E-state index in [-0.39, 0.29) is 30.8 Å². The first kappa shape index (κ1) is 24.3. The molecule has 4 rings (SSSR count). The number of rotatable bonds is 7. The van der Waals surface area contributed by atoms with Crippen LogP contribution in [0.1, 0.15) is 43.6 Å². The number of methoxy groups -OCH3 is 1. The minimum absolute atomic E-state index is 0.163. The maximum atomic E-state index is 13.7. The fourth-order valence-electron chi connectivity index (χ4n) is 4.39. The van der Waals surface area contributed by atoms with Gasteiger partial charge in [0.15, 0.2) is 0 Å². The number of ether oxygens (including phenoxy) is 1. The summed E-state index contributed by atoms with van der Waals surface area (Å²) in [7, 11) is 1.58. The summed E-state index contributed by atoms with van der Waals surface area (Å²) in [5.74, 6) is -0.119. The number of carbonyl (C=O) groups is 3. The molecule has 182 valence electrons. The Kier molecular flexibility index (Phi) is 6.52. The molecule has 0 saturated heterocycles. The van der Waals surface area contributed by atoms with E-state index in [0.717, 1.165) is 16.3 Å². The van der Waals surface area contributed by atoms with E-state index in [1.54, 1.807) is 20.1 Å². The monoisotopic (exact) mass is 473 g/mol. The third-order valence-corrected chi connectivity index (χ3v) is 6.10. The minimum atomic E-state index is -0.746. The molecule has 0 aromatic heterocycles. The van der Waals surface area contributed by atoms with Gasteiger partial charge >= 0.3 is 0 Å². The number of carbonyl (C=O) groups excluding carboxylic acids is 3. The molecule has 1 aliphatic rings. The summed E-state index contributed by atoms with van der Waals surface area (Å²) in [5.41, 5.74) is 1.68. The zero-order valence-electron chi connectivity index (χ0n) is 20.8. The molecular weight excluding hydrogens is 442 g/mol. The molecule has 1 N–H and O–H groups in total. The Morgan fingerprint density at radius 3 is 2.43 bits per heavy atom. The number of hydrogen-bond acceptors (Lipinski definition) is 4. The fourth-order valence-corrected chi connectivity index (χ4v) is 4.39. The lowest BCUT2D eigenvalue weighted by molar-refractivity contribution is -0.140. The van der Waals surface area contributed by atoms with Gasteiger partial charge in [-0.05, 0) is 62.9 Å². The Labute approximate surface area is 205 Å². The zero-order valence-corrected chi connectivity index (χ0v) is 20.8. The molecule has 0 saturated carbocycles. The van der Waals surface area contributed by atoms with Gasteiger partial charge in [0.1, 0.15) is 18.3 Å². The topological polar surface area (TPSA) is 79.0 Å². The summed E-state index contributed by atoms with van der Waals surface area (Å²) in [6.07, 6.45) is 0. The van der Waals surface area contributed by atoms with E-state index < -0.39 is 11.6 Å². The van der Waals surface area contributed by atoms with Crippen LogP contribution in [0, 0.1) is 0 Å². The van der Waals surface area contributed by atoms with Gasteiger partial charge in [-0.25, -0.2) is 0 Å². The van der Waals surface area contributed by atoms with Gasteiger partial charge in [0.2, 0.25) is 11.8 Å². The van der Waals surface area contributed by atoms with Gasteiger partial charge in [0.05, 0.1) is 12.8 Å². The lowest BCUT2D eigenvalue weighted by Crippen LogP contribution is -2.54. The van der Waals surface area contributed by atoms with E-state index in [4.69, 9.17) is 4.74 Å². The van der Waals surface area contributed by atoms with E-state index in [0.29, 0.717) is 17.0 Å². The molecule has 1 aliphatic heterocycles. The Morgan fingerprint density at radius 2 is 1.74 bits per heavy atom. The summed E-state index contributed by atoms with van der Waals surface area (Å²) in [6.45, 7) is 7.43. The quantitative estimate of drug-likeness (QED) is 0.559. The summed E-state index contributed by atoms with van der Waals surface area (Å²) in [5, 5.41) is 4.76. The molecule has 7 heteroatoms. The normalized spacial score (nSPS) is 13.6. The maximum absolute atomic E-state index is 13.7. The fraction of sp³-hybridized carbons (Fsp3) is 0.321. The minimum Gasteiger partial charge on any atom is -0.497 e. The molecule has 3 aromatic rings. The third-order valence-electron chi connectivity index (χ3n) is 6.10. The van der Waals surface area contributed by atoms with Crippen molar-refractivity contribution in [3.63, 3.8) is 0 Å². The van der Waals surface area contributed by atoms with Crippen molar-refractivity contribution in [1.29, 1.82) is 0 Å². The van der Waals surface area contributed by atoms with Gasteiger partial charge in [-0.3, -0.25) is 19.3 Å². The van der Waals surface area contributed by atoms with Gasteiger partial charge < -0.3 is 15.0 Å². The first-order chi connectivity index (χ1) is 16.6. The molecule has 0 bridgehead atoms. The second-order valence-corrected chi connectivity index (χ2v) is 9.86. The van der Waals surface area contributed by atoms with Crippen LogP contribution in [0.15, 0.2) is 60.7 Å². The second kappa shape index (κ2) is 9.41. The molecule has 35 heavy (non-hydrogen) atoms. The highest BCUT2D eigenvalue weighted by molar-refractivity contribution is 6.26. The number of nitrogens with one attached hydrogen (secondary N) is 1. The van der Waals surface area contributed by atoms with Gasteiger partial charge in [-0.1, -0.05) is 36.4 Å². The highest BCUT2D eigenvalue weighted by Gasteiger charge is 2.34. The zero-order chi connectivity index (χ0) is 25.3. The van der Waals surface area contributed by atoms with E-state index in [1.165, 1.54) is 9.80 Å². The Hall–Kier alpha value is -3.87.